The molecule has 0 aliphatic carbocycles. The zero-order valence-corrected chi connectivity index (χ0v) is 53.6. The minimum Gasteiger partial charge on any atom is -0.462 e. The lowest BCUT2D eigenvalue weighted by Gasteiger charge is -2.18. The summed E-state index contributed by atoms with van der Waals surface area (Å²) in [5.74, 6) is -0.921. The van der Waals surface area contributed by atoms with E-state index in [4.69, 9.17) is 14.2 Å². The Hall–Kier alpha value is -2.89. The molecule has 0 fully saturated rings. The molecule has 0 radical (unpaired) electrons. The number of ether oxygens (including phenoxy) is 3. The molecule has 1 atom stereocenters. The van der Waals surface area contributed by atoms with Crippen molar-refractivity contribution in [3.8, 4) is 0 Å². The molecule has 6 nitrogen and oxygen atoms in total. The Morgan fingerprint density at radius 2 is 0.487 bits per heavy atom. The summed E-state index contributed by atoms with van der Waals surface area (Å²) < 4.78 is 16.9. The summed E-state index contributed by atoms with van der Waals surface area (Å²) >= 11 is 0. The van der Waals surface area contributed by atoms with E-state index in [-0.39, 0.29) is 37.5 Å². The Bertz CT molecular complexity index is 1430. The maximum Gasteiger partial charge on any atom is 0.306 e. The fourth-order valence-corrected chi connectivity index (χ4v) is 10.5. The molecule has 0 saturated carbocycles. The first kappa shape index (κ1) is 77.1. The number of unbranched alkanes of at least 4 members (excludes halogenated alkanes) is 44. The van der Waals surface area contributed by atoms with Gasteiger partial charge < -0.3 is 14.2 Å². The number of hydrogen-bond donors (Lipinski definition) is 0. The van der Waals surface area contributed by atoms with E-state index in [9.17, 15) is 14.4 Å². The molecule has 1 unspecified atom stereocenters. The third-order valence-electron chi connectivity index (χ3n) is 15.8. The van der Waals surface area contributed by atoms with E-state index in [0.29, 0.717) is 19.3 Å². The van der Waals surface area contributed by atoms with Crippen molar-refractivity contribution in [3.63, 3.8) is 0 Å². The fraction of sp³-hybridized carbons (Fsp3) is 0.824. The zero-order valence-electron chi connectivity index (χ0n) is 53.6. The third kappa shape index (κ3) is 65.9. The van der Waals surface area contributed by atoms with Gasteiger partial charge in [-0.3, -0.25) is 14.4 Å². The van der Waals surface area contributed by atoms with Crippen LogP contribution in [0.5, 0.6) is 0 Å². The third-order valence-corrected chi connectivity index (χ3v) is 15.8. The van der Waals surface area contributed by atoms with Crippen LogP contribution in [-0.2, 0) is 28.6 Å². The molecule has 0 bridgehead atoms. The average Bonchev–Trinajstić information content (AvgIpc) is 3.46. The highest BCUT2D eigenvalue weighted by Crippen LogP contribution is 2.19. The molecule has 0 spiro atoms. The van der Waals surface area contributed by atoms with Crippen molar-refractivity contribution in [1.82, 2.24) is 0 Å². The number of allylic oxidation sites excluding steroid dienone is 10. The van der Waals surface area contributed by atoms with E-state index < -0.39 is 6.10 Å². The SMILES string of the molecule is CC/C=C\C/C=C\C/C=C\C/C=C\C/C=C\CCCC(=O)OCC(COC(=O)CCCCCCCCCCCCCCCCCCCCCCCCCCC)OC(=O)CCCCCCCCCCCCCCCCCCCCCC. The van der Waals surface area contributed by atoms with E-state index in [1.807, 2.05) is 0 Å². The van der Waals surface area contributed by atoms with Gasteiger partial charge in [-0.1, -0.05) is 358 Å². The van der Waals surface area contributed by atoms with Crippen LogP contribution in [0.3, 0.4) is 0 Å². The molecule has 466 valence electrons. The number of carbonyl (C=O) groups is 3. The number of esters is 3. The summed E-state index contributed by atoms with van der Waals surface area (Å²) in [6.45, 7) is 6.55. The second-order valence-electron chi connectivity index (χ2n) is 23.8. The highest BCUT2D eigenvalue weighted by Gasteiger charge is 2.19. The van der Waals surface area contributed by atoms with Crippen LogP contribution >= 0.6 is 0 Å². The maximum atomic E-state index is 13.0. The van der Waals surface area contributed by atoms with E-state index in [0.717, 1.165) is 77.0 Å². The monoisotopic (exact) mass is 1120 g/mol. The molecule has 0 heterocycles. The van der Waals surface area contributed by atoms with Gasteiger partial charge in [0.25, 0.3) is 0 Å². The Balaban J connectivity index is 4.33. The van der Waals surface area contributed by atoms with Crippen molar-refractivity contribution in [2.45, 2.75) is 380 Å². The van der Waals surface area contributed by atoms with Crippen LogP contribution in [0.2, 0.25) is 0 Å². The lowest BCUT2D eigenvalue weighted by atomic mass is 10.0. The van der Waals surface area contributed by atoms with Crippen LogP contribution in [0.1, 0.15) is 374 Å². The quantitative estimate of drug-likeness (QED) is 0.0261. The van der Waals surface area contributed by atoms with Crippen molar-refractivity contribution in [1.29, 1.82) is 0 Å². The lowest BCUT2D eigenvalue weighted by Crippen LogP contribution is -2.30. The molecule has 0 rings (SSSR count). The van der Waals surface area contributed by atoms with Gasteiger partial charge in [0.05, 0.1) is 0 Å². The lowest BCUT2D eigenvalue weighted by molar-refractivity contribution is -0.167. The summed E-state index contributed by atoms with van der Waals surface area (Å²) in [5, 5.41) is 0. The minimum atomic E-state index is -0.796. The van der Waals surface area contributed by atoms with Crippen LogP contribution in [-0.4, -0.2) is 37.2 Å². The molecule has 0 aromatic rings. The normalized spacial score (nSPS) is 12.4. The highest BCUT2D eigenvalue weighted by atomic mass is 16.6. The molecule has 0 aromatic carbocycles. The Morgan fingerprint density at radius 3 is 0.762 bits per heavy atom. The standard InChI is InChI=1S/C74H134O6/c1-4-7-10-13-16-19-22-25-28-31-33-35-36-37-38-39-41-43-46-49-52-55-58-61-64-67-73(76)79-70-71(69-78-72(75)66-63-60-57-54-51-48-45-42-30-27-24-21-18-15-12-9-6-3)80-74(77)68-65-62-59-56-53-50-47-44-40-34-32-29-26-23-20-17-14-11-8-5-2/h9,12,18,21,27,30,45,48,54,57,71H,4-8,10-11,13-17,19-20,22-26,28-29,31-44,46-47,49-53,55-56,58-70H2,1-3H3/b12-9-,21-18-,30-27-,48-45-,57-54-. The summed E-state index contributed by atoms with van der Waals surface area (Å²) in [5.41, 5.74) is 0. The smallest absolute Gasteiger partial charge is 0.306 e. The molecule has 0 N–H and O–H groups in total. The number of carbonyl (C=O) groups excluding carboxylic acids is 3. The molecule has 0 aromatic heterocycles. The topological polar surface area (TPSA) is 78.9 Å². The maximum absolute atomic E-state index is 13.0. The predicted octanol–water partition coefficient (Wildman–Crippen LogP) is 24.3. The second-order valence-corrected chi connectivity index (χ2v) is 23.8. The first-order valence-corrected chi connectivity index (χ1v) is 35.3. The fourth-order valence-electron chi connectivity index (χ4n) is 10.5. The molecular weight excluding hydrogens is 985 g/mol. The first-order valence-electron chi connectivity index (χ1n) is 35.3. The minimum absolute atomic E-state index is 0.0867. The van der Waals surface area contributed by atoms with Gasteiger partial charge in [-0.05, 0) is 57.8 Å². The second kappa shape index (κ2) is 68.6. The van der Waals surface area contributed by atoms with Crippen LogP contribution in [0.25, 0.3) is 0 Å². The molecule has 0 saturated heterocycles. The van der Waals surface area contributed by atoms with E-state index in [2.05, 4.69) is 81.5 Å². The average molecular weight is 1120 g/mol. The molecule has 6 heteroatoms. The first-order chi connectivity index (χ1) is 39.5. The van der Waals surface area contributed by atoms with Gasteiger partial charge in [-0.2, -0.15) is 0 Å². The predicted molar refractivity (Wildman–Crippen MR) is 348 cm³/mol. The van der Waals surface area contributed by atoms with E-state index in [1.165, 1.54) is 250 Å². The van der Waals surface area contributed by atoms with Crippen LogP contribution in [0.15, 0.2) is 60.8 Å². The van der Waals surface area contributed by atoms with Crippen LogP contribution < -0.4 is 0 Å². The zero-order chi connectivity index (χ0) is 57.8. The summed E-state index contributed by atoms with van der Waals surface area (Å²) in [6, 6.07) is 0. The summed E-state index contributed by atoms with van der Waals surface area (Å²) in [6.07, 6.45) is 88.3. The number of rotatable bonds is 65. The summed E-state index contributed by atoms with van der Waals surface area (Å²) in [4.78, 5) is 38.4. The van der Waals surface area contributed by atoms with Crippen molar-refractivity contribution < 1.29 is 28.6 Å². The highest BCUT2D eigenvalue weighted by molar-refractivity contribution is 5.71. The Kier molecular flexibility index (Phi) is 66.1. The van der Waals surface area contributed by atoms with Gasteiger partial charge in [0.15, 0.2) is 6.10 Å². The Morgan fingerprint density at radius 1 is 0.263 bits per heavy atom. The van der Waals surface area contributed by atoms with Gasteiger partial charge in [0, 0.05) is 19.3 Å². The van der Waals surface area contributed by atoms with Gasteiger partial charge in [0.2, 0.25) is 0 Å². The van der Waals surface area contributed by atoms with Gasteiger partial charge in [0.1, 0.15) is 13.2 Å². The molecule has 0 aliphatic rings. The van der Waals surface area contributed by atoms with Crippen LogP contribution in [0, 0.1) is 0 Å². The molecule has 80 heavy (non-hydrogen) atoms. The van der Waals surface area contributed by atoms with Crippen molar-refractivity contribution in [2.75, 3.05) is 13.2 Å². The van der Waals surface area contributed by atoms with Crippen LogP contribution in [0.4, 0.5) is 0 Å². The van der Waals surface area contributed by atoms with E-state index >= 15 is 0 Å². The van der Waals surface area contributed by atoms with Gasteiger partial charge in [-0.15, -0.1) is 0 Å². The van der Waals surface area contributed by atoms with Gasteiger partial charge in [-0.25, -0.2) is 0 Å². The van der Waals surface area contributed by atoms with Crippen molar-refractivity contribution in [2.24, 2.45) is 0 Å². The molecule has 0 aliphatic heterocycles. The number of hydrogen-bond acceptors (Lipinski definition) is 6. The molecular formula is C74H134O6. The largest absolute Gasteiger partial charge is 0.462 e. The van der Waals surface area contributed by atoms with E-state index in [1.54, 1.807) is 0 Å². The molecule has 0 amide bonds. The Labute approximate surface area is 498 Å². The summed E-state index contributed by atoms with van der Waals surface area (Å²) in [7, 11) is 0. The van der Waals surface area contributed by atoms with Crippen molar-refractivity contribution in [3.05, 3.63) is 60.8 Å². The van der Waals surface area contributed by atoms with Gasteiger partial charge >= 0.3 is 17.9 Å². The van der Waals surface area contributed by atoms with Crippen molar-refractivity contribution >= 4 is 17.9 Å².